The number of ether oxygens (including phenoxy) is 3. The number of rotatable bonds is 62. The highest BCUT2D eigenvalue weighted by Gasteiger charge is 2.19. The summed E-state index contributed by atoms with van der Waals surface area (Å²) in [6, 6.07) is 0. The third-order valence-corrected chi connectivity index (χ3v) is 14.7. The third kappa shape index (κ3) is 66.6. The largest absolute Gasteiger partial charge is 0.462 e. The predicted molar refractivity (Wildman–Crippen MR) is 357 cm³/mol. The van der Waals surface area contributed by atoms with Gasteiger partial charge in [-0.1, -0.05) is 309 Å². The van der Waals surface area contributed by atoms with Crippen LogP contribution in [-0.4, -0.2) is 37.2 Å². The molecule has 0 saturated carbocycles. The van der Waals surface area contributed by atoms with Crippen LogP contribution in [0.25, 0.3) is 0 Å². The van der Waals surface area contributed by atoms with Crippen LogP contribution in [0.3, 0.4) is 0 Å². The van der Waals surface area contributed by atoms with Crippen LogP contribution in [-0.2, 0) is 28.6 Å². The minimum Gasteiger partial charge on any atom is -0.462 e. The number of esters is 3. The molecule has 0 aromatic rings. The molecule has 0 N–H and O–H groups in total. The lowest BCUT2D eigenvalue weighted by atomic mass is 10.0. The van der Waals surface area contributed by atoms with Crippen LogP contribution in [0.1, 0.15) is 323 Å². The summed E-state index contributed by atoms with van der Waals surface area (Å²) in [6.45, 7) is 6.51. The van der Waals surface area contributed by atoms with Gasteiger partial charge in [0, 0.05) is 19.3 Å². The van der Waals surface area contributed by atoms with Crippen LogP contribution >= 0.6 is 0 Å². The molecule has 0 spiro atoms. The minimum absolute atomic E-state index is 0.0847. The van der Waals surface area contributed by atoms with Gasteiger partial charge in [0.25, 0.3) is 0 Å². The Balaban J connectivity index is 4.36. The van der Waals surface area contributed by atoms with E-state index in [-0.39, 0.29) is 31.1 Å². The molecule has 6 heteroatoms. The van der Waals surface area contributed by atoms with Gasteiger partial charge >= 0.3 is 17.9 Å². The standard InChI is InChI=1S/C76H128O6/c1-4-7-10-13-16-19-22-25-28-31-32-33-34-35-36-37-38-39-40-41-42-43-44-46-48-51-54-57-60-63-66-69-75(78)81-72-73(71-80-74(77)68-65-62-59-56-53-50-47-30-27-24-21-18-15-12-9-6-3)82-76(79)70-67-64-61-58-55-52-49-45-29-26-23-20-17-14-11-8-5-2/h7,10,16-17,19-20,25-26,28-29,32-33,35-36,38-39,41-42,44,46,73H,4-6,8-9,11-15,18,21-24,27,30-31,34,37,40,43,45,47-72H2,1-3H3/b10-7-,19-16-,20-17-,28-25-,29-26-,33-32-,36-35-,39-38-,42-41-,46-44-. The highest BCUT2D eigenvalue weighted by molar-refractivity contribution is 5.71. The molecule has 0 aromatic heterocycles. The van der Waals surface area contributed by atoms with Gasteiger partial charge in [-0.05, 0) is 116 Å². The summed E-state index contributed by atoms with van der Waals surface area (Å²) < 4.78 is 17.0. The second-order valence-corrected chi connectivity index (χ2v) is 22.7. The van der Waals surface area contributed by atoms with E-state index >= 15 is 0 Å². The van der Waals surface area contributed by atoms with Crippen LogP contribution in [0, 0.1) is 0 Å². The first-order chi connectivity index (χ1) is 40.5. The Morgan fingerprint density at radius 2 is 0.476 bits per heavy atom. The molecule has 0 fully saturated rings. The van der Waals surface area contributed by atoms with Gasteiger partial charge in [0.05, 0.1) is 0 Å². The maximum Gasteiger partial charge on any atom is 0.306 e. The van der Waals surface area contributed by atoms with Crippen molar-refractivity contribution < 1.29 is 28.6 Å². The Morgan fingerprint density at radius 3 is 0.768 bits per heavy atom. The van der Waals surface area contributed by atoms with E-state index in [0.29, 0.717) is 19.3 Å². The summed E-state index contributed by atoms with van der Waals surface area (Å²) >= 11 is 0. The first-order valence-electron chi connectivity index (χ1n) is 34.5. The minimum atomic E-state index is -0.791. The fourth-order valence-corrected chi connectivity index (χ4v) is 9.55. The van der Waals surface area contributed by atoms with Gasteiger partial charge in [-0.25, -0.2) is 0 Å². The molecular formula is C76H128O6. The van der Waals surface area contributed by atoms with Crippen LogP contribution < -0.4 is 0 Å². The van der Waals surface area contributed by atoms with E-state index in [1.54, 1.807) is 0 Å². The number of hydrogen-bond donors (Lipinski definition) is 0. The van der Waals surface area contributed by atoms with E-state index in [0.717, 1.165) is 135 Å². The topological polar surface area (TPSA) is 78.9 Å². The van der Waals surface area contributed by atoms with Gasteiger partial charge in [-0.2, -0.15) is 0 Å². The molecule has 0 bridgehead atoms. The number of hydrogen-bond acceptors (Lipinski definition) is 6. The molecule has 1 atom stereocenters. The average molecular weight is 1140 g/mol. The van der Waals surface area contributed by atoms with Crippen molar-refractivity contribution in [1.82, 2.24) is 0 Å². The number of unbranched alkanes of at least 4 members (excludes halogenated alkanes) is 31. The Hall–Kier alpha value is -4.19. The third-order valence-electron chi connectivity index (χ3n) is 14.7. The number of carbonyl (C=O) groups excluding carboxylic acids is 3. The van der Waals surface area contributed by atoms with Crippen LogP contribution in [0.2, 0.25) is 0 Å². The zero-order chi connectivity index (χ0) is 59.2. The molecule has 0 aliphatic carbocycles. The van der Waals surface area contributed by atoms with Crippen LogP contribution in [0.5, 0.6) is 0 Å². The average Bonchev–Trinajstić information content (AvgIpc) is 3.48. The summed E-state index contributed by atoms with van der Waals surface area (Å²) in [6.07, 6.45) is 96.3. The zero-order valence-electron chi connectivity index (χ0n) is 53.7. The van der Waals surface area contributed by atoms with Gasteiger partial charge in [0.2, 0.25) is 0 Å². The second kappa shape index (κ2) is 69.3. The van der Waals surface area contributed by atoms with Gasteiger partial charge < -0.3 is 14.2 Å². The molecule has 0 rings (SSSR count). The molecule has 82 heavy (non-hydrogen) atoms. The summed E-state index contributed by atoms with van der Waals surface area (Å²) in [7, 11) is 0. The van der Waals surface area contributed by atoms with Crippen molar-refractivity contribution in [3.8, 4) is 0 Å². The maximum atomic E-state index is 12.9. The lowest BCUT2D eigenvalue weighted by Gasteiger charge is -2.18. The van der Waals surface area contributed by atoms with Crippen molar-refractivity contribution >= 4 is 17.9 Å². The number of carbonyl (C=O) groups is 3. The summed E-state index contributed by atoms with van der Waals surface area (Å²) in [4.78, 5) is 38.4. The molecule has 468 valence electrons. The van der Waals surface area contributed by atoms with Crippen molar-refractivity contribution in [2.24, 2.45) is 0 Å². The fourth-order valence-electron chi connectivity index (χ4n) is 9.55. The summed E-state index contributed by atoms with van der Waals surface area (Å²) in [5.41, 5.74) is 0. The zero-order valence-corrected chi connectivity index (χ0v) is 53.7. The van der Waals surface area contributed by atoms with Gasteiger partial charge in [-0.15, -0.1) is 0 Å². The Morgan fingerprint density at radius 1 is 0.256 bits per heavy atom. The van der Waals surface area contributed by atoms with E-state index in [4.69, 9.17) is 14.2 Å². The Kier molecular flexibility index (Phi) is 65.8. The van der Waals surface area contributed by atoms with Crippen LogP contribution in [0.4, 0.5) is 0 Å². The Labute approximate surface area is 507 Å². The quantitative estimate of drug-likeness (QED) is 0.0261. The van der Waals surface area contributed by atoms with Gasteiger partial charge in [0.15, 0.2) is 6.10 Å². The molecule has 1 unspecified atom stereocenters. The summed E-state index contributed by atoms with van der Waals surface area (Å²) in [5.74, 6) is -0.897. The Bertz CT molecular complexity index is 1690. The van der Waals surface area contributed by atoms with E-state index in [9.17, 15) is 14.4 Å². The highest BCUT2D eigenvalue weighted by Crippen LogP contribution is 2.16. The second-order valence-electron chi connectivity index (χ2n) is 22.7. The van der Waals surface area contributed by atoms with Crippen LogP contribution in [0.15, 0.2) is 122 Å². The van der Waals surface area contributed by atoms with Gasteiger partial charge in [-0.3, -0.25) is 14.4 Å². The van der Waals surface area contributed by atoms with Gasteiger partial charge in [0.1, 0.15) is 13.2 Å². The van der Waals surface area contributed by atoms with Crippen molar-refractivity contribution in [2.75, 3.05) is 13.2 Å². The SMILES string of the molecule is CC/C=C\C/C=C\C/C=C\C/C=C\C/C=C\C/C=C\C/C=C\C/C=C\CCCCCCCCC(=O)OCC(COC(=O)CCCCCCCCCCCCCCCCCC)OC(=O)CCCCCCCCC/C=C\C/C=C\CCCCC. The van der Waals surface area contributed by atoms with E-state index in [1.807, 2.05) is 0 Å². The van der Waals surface area contributed by atoms with E-state index < -0.39 is 6.10 Å². The maximum absolute atomic E-state index is 12.9. The van der Waals surface area contributed by atoms with Crippen molar-refractivity contribution in [2.45, 2.75) is 329 Å². The number of allylic oxidation sites excluding steroid dienone is 20. The van der Waals surface area contributed by atoms with E-state index in [1.165, 1.54) is 148 Å². The molecule has 0 radical (unpaired) electrons. The molecule has 0 saturated heterocycles. The molecular weight excluding hydrogens is 1010 g/mol. The predicted octanol–water partition coefficient (Wildman–Crippen LogP) is 23.9. The molecule has 0 amide bonds. The normalized spacial score (nSPS) is 12.9. The lowest BCUT2D eigenvalue weighted by molar-refractivity contribution is -0.167. The summed E-state index contributed by atoms with van der Waals surface area (Å²) in [5, 5.41) is 0. The first-order valence-corrected chi connectivity index (χ1v) is 34.5. The molecule has 0 heterocycles. The van der Waals surface area contributed by atoms with Crippen molar-refractivity contribution in [3.63, 3.8) is 0 Å². The smallest absolute Gasteiger partial charge is 0.306 e. The highest BCUT2D eigenvalue weighted by atomic mass is 16.6. The molecule has 0 aliphatic heterocycles. The fraction of sp³-hybridized carbons (Fsp3) is 0.697. The van der Waals surface area contributed by atoms with Crippen molar-refractivity contribution in [3.05, 3.63) is 122 Å². The first kappa shape index (κ1) is 77.8. The molecule has 0 aromatic carbocycles. The molecule has 0 aliphatic rings. The lowest BCUT2D eigenvalue weighted by Crippen LogP contribution is -2.30. The molecule has 6 nitrogen and oxygen atoms in total. The van der Waals surface area contributed by atoms with Crippen molar-refractivity contribution in [1.29, 1.82) is 0 Å². The monoisotopic (exact) mass is 1140 g/mol. The van der Waals surface area contributed by atoms with E-state index in [2.05, 4.69) is 142 Å².